The van der Waals surface area contributed by atoms with E-state index in [1.807, 2.05) is 0 Å². The second-order valence-corrected chi connectivity index (χ2v) is 7.71. The summed E-state index contributed by atoms with van der Waals surface area (Å²) in [7, 11) is -4.77. The average Bonchev–Trinajstić information content (AvgIpc) is 2.49. The summed E-state index contributed by atoms with van der Waals surface area (Å²) >= 11 is 2.20. The molecule has 1 aliphatic heterocycles. The van der Waals surface area contributed by atoms with E-state index in [-0.39, 0.29) is 11.5 Å². The van der Waals surface area contributed by atoms with E-state index < -0.39 is 46.9 Å². The normalized spacial score (nSPS) is 32.8. The summed E-state index contributed by atoms with van der Waals surface area (Å²) in [5.74, 6) is 0.540. The quantitative estimate of drug-likeness (QED) is 0.146. The van der Waals surface area contributed by atoms with E-state index in [1.54, 1.807) is 6.26 Å². The van der Waals surface area contributed by atoms with Gasteiger partial charge in [0.2, 0.25) is 0 Å². The summed E-state index contributed by atoms with van der Waals surface area (Å²) in [5.41, 5.74) is -1.11. The molecule has 5 N–H and O–H groups in total. The fourth-order valence-corrected chi connectivity index (χ4v) is 3.53. The van der Waals surface area contributed by atoms with Gasteiger partial charge in [-0.1, -0.05) is 16.9 Å². The van der Waals surface area contributed by atoms with Crippen molar-refractivity contribution in [1.29, 1.82) is 0 Å². The summed E-state index contributed by atoms with van der Waals surface area (Å²) in [6, 6.07) is 0. The number of oxime groups is 1. The molecular weight excluding hydrogens is 374 g/mol. The van der Waals surface area contributed by atoms with Gasteiger partial charge in [-0.15, -0.1) is 0 Å². The number of thioether (sulfide) groups is 2. The minimum Gasteiger partial charge on any atom is -0.394 e. The predicted octanol–water partition coefficient (Wildman–Crippen LogP) is -1.59. The van der Waals surface area contributed by atoms with Crippen LogP contribution in [-0.2, 0) is 19.4 Å². The Morgan fingerprint density at radius 1 is 1.26 bits per heavy atom. The summed E-state index contributed by atoms with van der Waals surface area (Å²) in [5, 5.41) is 41.8. The fourth-order valence-electron chi connectivity index (χ4n) is 1.70. The molecule has 0 bridgehead atoms. The van der Waals surface area contributed by atoms with Crippen molar-refractivity contribution in [2.24, 2.45) is 5.16 Å². The minimum atomic E-state index is -4.77. The molecular formula is C10H19NO9S3. The molecule has 1 heterocycles. The molecule has 0 aliphatic carbocycles. The van der Waals surface area contributed by atoms with E-state index in [0.717, 1.165) is 11.8 Å². The number of aliphatic hydroxyl groups excluding tert-OH is 4. The Bertz CT molecular complexity index is 498. The van der Waals surface area contributed by atoms with Crippen molar-refractivity contribution >= 4 is 39.0 Å². The monoisotopic (exact) mass is 393 g/mol. The largest absolute Gasteiger partial charge is 0.466 e. The molecule has 0 unspecified atom stereocenters. The second kappa shape index (κ2) is 9.39. The van der Waals surface area contributed by atoms with Crippen LogP contribution in [0.1, 0.15) is 6.42 Å². The van der Waals surface area contributed by atoms with Gasteiger partial charge in [-0.25, -0.2) is 4.28 Å². The Kier molecular flexibility index (Phi) is 8.54. The van der Waals surface area contributed by atoms with Gasteiger partial charge < -0.3 is 25.2 Å². The first-order valence-corrected chi connectivity index (χ1v) is 10.0. The van der Waals surface area contributed by atoms with Crippen LogP contribution < -0.4 is 0 Å². The molecule has 136 valence electrons. The lowest BCUT2D eigenvalue weighted by Crippen LogP contribution is -2.57. The fraction of sp³-hybridized carbons (Fsp3) is 0.900. The third-order valence-electron chi connectivity index (χ3n) is 2.85. The van der Waals surface area contributed by atoms with Gasteiger partial charge in [-0.3, -0.25) is 4.55 Å². The number of rotatable bonds is 7. The van der Waals surface area contributed by atoms with E-state index in [9.17, 15) is 23.7 Å². The van der Waals surface area contributed by atoms with Crippen molar-refractivity contribution in [3.05, 3.63) is 0 Å². The summed E-state index contributed by atoms with van der Waals surface area (Å²) in [6.07, 6.45) is -3.58. The average molecular weight is 393 g/mol. The molecule has 0 saturated carbocycles. The van der Waals surface area contributed by atoms with Crippen molar-refractivity contribution in [3.8, 4) is 0 Å². The second-order valence-electron chi connectivity index (χ2n) is 4.55. The summed E-state index contributed by atoms with van der Waals surface area (Å²) in [4.78, 5) is 0. The maximum Gasteiger partial charge on any atom is 0.466 e. The maximum absolute atomic E-state index is 10.6. The van der Waals surface area contributed by atoms with Crippen LogP contribution in [0.25, 0.3) is 0 Å². The zero-order valence-corrected chi connectivity index (χ0v) is 14.5. The molecule has 23 heavy (non-hydrogen) atoms. The lowest BCUT2D eigenvalue weighted by atomic mass is 10.0. The number of nitrogens with zero attached hydrogens (tertiary/aromatic N) is 1. The molecule has 0 spiro atoms. The molecule has 0 aromatic carbocycles. The molecule has 10 nitrogen and oxygen atoms in total. The first kappa shape index (κ1) is 20.9. The Morgan fingerprint density at radius 2 is 1.91 bits per heavy atom. The van der Waals surface area contributed by atoms with Crippen LogP contribution in [0.2, 0.25) is 0 Å². The Balaban J connectivity index is 2.84. The third kappa shape index (κ3) is 6.72. The van der Waals surface area contributed by atoms with Crippen LogP contribution in [0.5, 0.6) is 0 Å². The lowest BCUT2D eigenvalue weighted by Gasteiger charge is -2.39. The van der Waals surface area contributed by atoms with Crippen molar-refractivity contribution in [3.63, 3.8) is 0 Å². The van der Waals surface area contributed by atoms with Gasteiger partial charge in [0, 0.05) is 6.42 Å². The van der Waals surface area contributed by atoms with Gasteiger partial charge in [-0.05, 0) is 12.0 Å². The highest BCUT2D eigenvalue weighted by Gasteiger charge is 2.44. The van der Waals surface area contributed by atoms with E-state index in [0.29, 0.717) is 5.75 Å². The molecule has 1 aliphatic rings. The van der Waals surface area contributed by atoms with Gasteiger partial charge in [0.15, 0.2) is 0 Å². The molecule has 1 rings (SSSR count). The SMILES string of the molecule is CSCC/C(=N/OS(=O)(=O)O)S[C@@H]1O[C@@H](CO)[C@@H](O)[C@@H](O)[C@H]1O. The molecule has 1 saturated heterocycles. The highest BCUT2D eigenvalue weighted by molar-refractivity contribution is 8.14. The van der Waals surface area contributed by atoms with E-state index in [4.69, 9.17) is 14.4 Å². The van der Waals surface area contributed by atoms with Gasteiger partial charge in [-0.2, -0.15) is 20.2 Å². The number of hydrogen-bond donors (Lipinski definition) is 5. The highest BCUT2D eigenvalue weighted by Crippen LogP contribution is 2.30. The number of aliphatic hydroxyl groups is 4. The molecule has 13 heteroatoms. The van der Waals surface area contributed by atoms with E-state index in [2.05, 4.69) is 9.44 Å². The molecule has 0 radical (unpaired) electrons. The van der Waals surface area contributed by atoms with Gasteiger partial charge in [0.25, 0.3) is 0 Å². The van der Waals surface area contributed by atoms with Gasteiger partial charge >= 0.3 is 10.4 Å². The van der Waals surface area contributed by atoms with Crippen molar-refractivity contribution < 1.29 is 42.4 Å². The van der Waals surface area contributed by atoms with Crippen LogP contribution in [0.3, 0.4) is 0 Å². The van der Waals surface area contributed by atoms with Crippen LogP contribution in [-0.4, -0.2) is 86.9 Å². The minimum absolute atomic E-state index is 0.0845. The Labute approximate surface area is 141 Å². The maximum atomic E-state index is 10.6. The zero-order valence-electron chi connectivity index (χ0n) is 12.0. The van der Waals surface area contributed by atoms with Crippen LogP contribution in [0.15, 0.2) is 5.16 Å². The first-order valence-electron chi connectivity index (χ1n) is 6.38. The zero-order chi connectivity index (χ0) is 17.6. The third-order valence-corrected chi connectivity index (χ3v) is 4.90. The smallest absolute Gasteiger partial charge is 0.394 e. The van der Waals surface area contributed by atoms with Crippen molar-refractivity contribution in [2.45, 2.75) is 36.3 Å². The van der Waals surface area contributed by atoms with E-state index in [1.165, 1.54) is 11.8 Å². The van der Waals surface area contributed by atoms with Crippen LogP contribution >= 0.6 is 23.5 Å². The first-order chi connectivity index (χ1) is 10.7. The standard InChI is InChI=1S/C10H19NO9S3/c1-21-3-2-6(11-20-23(16,17)18)22-10-9(15)8(14)7(13)5(4-12)19-10/h5,7-10,12-15H,2-4H2,1H3,(H,16,17,18)/b11-6-/t5-,7+,8+,9+,10-/m0/s1. The molecule has 5 atom stereocenters. The molecule has 0 aromatic rings. The summed E-state index contributed by atoms with van der Waals surface area (Å²) in [6.45, 7) is -0.583. The van der Waals surface area contributed by atoms with Crippen molar-refractivity contribution in [2.75, 3.05) is 18.6 Å². The van der Waals surface area contributed by atoms with Gasteiger partial charge in [0.1, 0.15) is 34.9 Å². The van der Waals surface area contributed by atoms with Gasteiger partial charge in [0.05, 0.1) is 6.61 Å². The Hall–Kier alpha value is -0.120. The Morgan fingerprint density at radius 3 is 2.43 bits per heavy atom. The predicted molar refractivity (Wildman–Crippen MR) is 84.4 cm³/mol. The van der Waals surface area contributed by atoms with E-state index >= 15 is 0 Å². The number of hydrogen-bond acceptors (Lipinski definition) is 11. The van der Waals surface area contributed by atoms with Crippen molar-refractivity contribution in [1.82, 2.24) is 0 Å². The molecule has 0 amide bonds. The molecule has 1 fully saturated rings. The molecule has 0 aromatic heterocycles. The summed E-state index contributed by atoms with van der Waals surface area (Å²) < 4.78 is 38.9. The highest BCUT2D eigenvalue weighted by atomic mass is 32.3. The number of ether oxygens (including phenoxy) is 1. The van der Waals surface area contributed by atoms with Crippen LogP contribution in [0.4, 0.5) is 0 Å². The topological polar surface area (TPSA) is 166 Å². The van der Waals surface area contributed by atoms with Crippen LogP contribution in [0, 0.1) is 0 Å². The lowest BCUT2D eigenvalue weighted by molar-refractivity contribution is -0.205.